The van der Waals surface area contributed by atoms with Gasteiger partial charge in [0.15, 0.2) is 10.1 Å². The van der Waals surface area contributed by atoms with Crippen LogP contribution >= 0.6 is 34.3 Å². The summed E-state index contributed by atoms with van der Waals surface area (Å²) in [5, 5.41) is 8.98. The minimum absolute atomic E-state index is 0.715. The van der Waals surface area contributed by atoms with Crippen molar-refractivity contribution >= 4 is 50.1 Å². The summed E-state index contributed by atoms with van der Waals surface area (Å²) in [4.78, 5) is 10.6. The Kier molecular flexibility index (Phi) is 4.16. The molecule has 0 fully saturated rings. The Morgan fingerprint density at radius 2 is 1.74 bits per heavy atom. The summed E-state index contributed by atoms with van der Waals surface area (Å²) in [6.07, 6.45) is 2.04. The summed E-state index contributed by atoms with van der Waals surface area (Å²) >= 11 is 9.15. The van der Waals surface area contributed by atoms with E-state index in [1.807, 2.05) is 54.0 Å². The number of nitrogens with one attached hydrogen (secondary N) is 1. The zero-order valence-corrected chi connectivity index (χ0v) is 16.4. The molecule has 0 saturated carbocycles. The Labute approximate surface area is 168 Å². The van der Waals surface area contributed by atoms with E-state index in [4.69, 9.17) is 21.6 Å². The zero-order valence-electron chi connectivity index (χ0n) is 14.0. The molecular formula is C20H13ClN4S2. The Balaban J connectivity index is 1.57. The number of hydrogen-bond donors (Lipinski definition) is 1. The monoisotopic (exact) mass is 408 g/mol. The van der Waals surface area contributed by atoms with Gasteiger partial charge in [-0.2, -0.15) is 0 Å². The molecule has 3 heterocycles. The van der Waals surface area contributed by atoms with Crippen molar-refractivity contribution in [3.05, 3.63) is 76.6 Å². The second-order valence-corrected chi connectivity index (χ2v) is 8.07. The number of imidazole rings is 1. The third-order valence-corrected chi connectivity index (χ3v) is 5.92. The topological polar surface area (TPSA) is 42.2 Å². The van der Waals surface area contributed by atoms with E-state index in [1.165, 1.54) is 0 Å². The molecule has 7 heteroatoms. The lowest BCUT2D eigenvalue weighted by Gasteiger charge is -2.03. The van der Waals surface area contributed by atoms with Crippen LogP contribution in [0.3, 0.4) is 0 Å². The van der Waals surface area contributed by atoms with Crippen LogP contribution in [0.1, 0.15) is 0 Å². The number of benzene rings is 2. The molecule has 4 nitrogen and oxygen atoms in total. The van der Waals surface area contributed by atoms with E-state index in [-0.39, 0.29) is 0 Å². The Bertz CT molecular complexity index is 1210. The summed E-state index contributed by atoms with van der Waals surface area (Å²) in [6.45, 7) is 0. The van der Waals surface area contributed by atoms with Crippen LogP contribution in [-0.4, -0.2) is 14.4 Å². The van der Waals surface area contributed by atoms with E-state index in [1.54, 1.807) is 22.7 Å². The van der Waals surface area contributed by atoms with Crippen molar-refractivity contribution in [1.82, 2.24) is 14.4 Å². The van der Waals surface area contributed by atoms with Crippen molar-refractivity contribution in [1.29, 1.82) is 0 Å². The molecule has 0 aliphatic rings. The highest BCUT2D eigenvalue weighted by Crippen LogP contribution is 2.36. The smallest absolute Gasteiger partial charge is 0.194 e. The van der Waals surface area contributed by atoms with Crippen LogP contribution in [0.15, 0.2) is 71.6 Å². The normalized spacial score (nSPS) is 11.1. The summed E-state index contributed by atoms with van der Waals surface area (Å²) in [7, 11) is 0. The van der Waals surface area contributed by atoms with E-state index in [0.29, 0.717) is 5.02 Å². The lowest BCUT2D eigenvalue weighted by Crippen LogP contribution is -1.91. The van der Waals surface area contributed by atoms with Crippen LogP contribution in [0, 0.1) is 0 Å². The van der Waals surface area contributed by atoms with Crippen LogP contribution in [0.4, 0.5) is 10.8 Å². The quantitative estimate of drug-likeness (QED) is 0.365. The number of anilines is 2. The lowest BCUT2D eigenvalue weighted by molar-refractivity contribution is 1.21. The number of thiazole rings is 2. The van der Waals surface area contributed by atoms with Crippen molar-refractivity contribution in [2.24, 2.45) is 0 Å². The molecule has 0 saturated heterocycles. The predicted molar refractivity (Wildman–Crippen MR) is 114 cm³/mol. The van der Waals surface area contributed by atoms with E-state index >= 15 is 0 Å². The van der Waals surface area contributed by atoms with Crippen LogP contribution in [0.5, 0.6) is 0 Å². The van der Waals surface area contributed by atoms with Gasteiger partial charge in [-0.05, 0) is 24.3 Å². The van der Waals surface area contributed by atoms with Crippen LogP contribution < -0.4 is 5.32 Å². The van der Waals surface area contributed by atoms with Gasteiger partial charge in [0.05, 0.1) is 5.69 Å². The lowest BCUT2D eigenvalue weighted by atomic mass is 10.1. The zero-order chi connectivity index (χ0) is 18.2. The average Bonchev–Trinajstić information content (AvgIpc) is 3.40. The van der Waals surface area contributed by atoms with Crippen LogP contribution in [0.25, 0.3) is 27.6 Å². The molecule has 2 aromatic carbocycles. The minimum atomic E-state index is 0.715. The summed E-state index contributed by atoms with van der Waals surface area (Å²) in [5.41, 5.74) is 4.91. The number of halogens is 1. The second kappa shape index (κ2) is 6.81. The molecule has 0 aliphatic heterocycles. The molecule has 5 rings (SSSR count). The summed E-state index contributed by atoms with van der Waals surface area (Å²) < 4.78 is 2.11. The predicted octanol–water partition coefficient (Wildman–Crippen LogP) is 6.58. The molecular weight excluding hydrogens is 396 g/mol. The van der Waals surface area contributed by atoms with Crippen molar-refractivity contribution < 1.29 is 0 Å². The van der Waals surface area contributed by atoms with E-state index < -0.39 is 0 Å². The highest BCUT2D eigenvalue weighted by molar-refractivity contribution is 7.15. The molecule has 132 valence electrons. The highest BCUT2D eigenvalue weighted by Gasteiger charge is 2.19. The fraction of sp³-hybridized carbons (Fsp3) is 0. The van der Waals surface area contributed by atoms with Gasteiger partial charge >= 0.3 is 0 Å². The maximum absolute atomic E-state index is 5.96. The first-order valence-electron chi connectivity index (χ1n) is 8.27. The molecule has 5 aromatic rings. The van der Waals surface area contributed by atoms with Gasteiger partial charge < -0.3 is 5.32 Å². The number of rotatable bonds is 4. The molecule has 0 aliphatic carbocycles. The fourth-order valence-electron chi connectivity index (χ4n) is 2.92. The van der Waals surface area contributed by atoms with Gasteiger partial charge in [0.2, 0.25) is 0 Å². The van der Waals surface area contributed by atoms with Crippen molar-refractivity contribution in [2.45, 2.75) is 0 Å². The molecule has 0 unspecified atom stereocenters. The molecule has 0 radical (unpaired) electrons. The minimum Gasteiger partial charge on any atom is -0.332 e. The first kappa shape index (κ1) is 16.5. The van der Waals surface area contributed by atoms with E-state index in [9.17, 15) is 0 Å². The van der Waals surface area contributed by atoms with Gasteiger partial charge in [0, 0.05) is 33.2 Å². The molecule has 0 atom stereocenters. The van der Waals surface area contributed by atoms with Crippen molar-refractivity contribution in [3.8, 4) is 22.6 Å². The Hall–Kier alpha value is -2.67. The van der Waals surface area contributed by atoms with Gasteiger partial charge in [0.25, 0.3) is 0 Å². The van der Waals surface area contributed by atoms with Crippen molar-refractivity contribution in [2.75, 3.05) is 5.32 Å². The van der Waals surface area contributed by atoms with Gasteiger partial charge in [-0.25, -0.2) is 9.97 Å². The summed E-state index contributed by atoms with van der Waals surface area (Å²) in [6, 6.07) is 17.8. The molecule has 0 amide bonds. The second-order valence-electron chi connectivity index (χ2n) is 5.90. The van der Waals surface area contributed by atoms with Crippen LogP contribution in [-0.2, 0) is 0 Å². The van der Waals surface area contributed by atoms with Crippen LogP contribution in [0.2, 0.25) is 5.02 Å². The SMILES string of the molecule is Clc1ccc(Nc2nc(-c3c(-c4ccccc4)nc4sccn34)cs2)cc1. The highest BCUT2D eigenvalue weighted by atomic mass is 35.5. The fourth-order valence-corrected chi connectivity index (χ4v) is 4.48. The number of hydrogen-bond acceptors (Lipinski definition) is 5. The third-order valence-electron chi connectivity index (χ3n) is 4.15. The maximum atomic E-state index is 5.96. The molecule has 0 bridgehead atoms. The molecule has 1 N–H and O–H groups in total. The third kappa shape index (κ3) is 3.12. The molecule has 0 spiro atoms. The van der Waals surface area contributed by atoms with Gasteiger partial charge in [-0.15, -0.1) is 22.7 Å². The molecule has 3 aromatic heterocycles. The first-order valence-corrected chi connectivity index (χ1v) is 10.4. The summed E-state index contributed by atoms with van der Waals surface area (Å²) in [5.74, 6) is 0. The van der Waals surface area contributed by atoms with Gasteiger partial charge in [0.1, 0.15) is 11.4 Å². The number of aromatic nitrogens is 3. The largest absolute Gasteiger partial charge is 0.332 e. The number of nitrogens with zero attached hydrogens (tertiary/aromatic N) is 3. The van der Waals surface area contributed by atoms with Crippen molar-refractivity contribution in [3.63, 3.8) is 0 Å². The number of fused-ring (bicyclic) bond motifs is 1. The average molecular weight is 409 g/mol. The Morgan fingerprint density at radius 1 is 0.926 bits per heavy atom. The van der Waals surface area contributed by atoms with E-state index in [0.717, 1.165) is 38.4 Å². The van der Waals surface area contributed by atoms with Gasteiger partial charge in [-0.3, -0.25) is 4.40 Å². The van der Waals surface area contributed by atoms with E-state index in [2.05, 4.69) is 27.2 Å². The molecule has 27 heavy (non-hydrogen) atoms. The standard InChI is InChI=1S/C20H13ClN4S2/c21-14-6-8-15(9-7-14)22-19-23-16(12-27-19)18-17(13-4-2-1-3-5-13)24-20-25(18)10-11-26-20/h1-12H,(H,22,23). The van der Waals surface area contributed by atoms with Gasteiger partial charge in [-0.1, -0.05) is 41.9 Å². The first-order chi connectivity index (χ1) is 13.3. The maximum Gasteiger partial charge on any atom is 0.194 e. The Morgan fingerprint density at radius 3 is 2.56 bits per heavy atom.